The van der Waals surface area contributed by atoms with Gasteiger partial charge in [-0.15, -0.1) is 0 Å². The Balaban J connectivity index is 1.81. The Bertz CT molecular complexity index is 916. The first kappa shape index (κ1) is 15.3. The quantitative estimate of drug-likeness (QED) is 0.569. The van der Waals surface area contributed by atoms with Gasteiger partial charge in [-0.05, 0) is 36.4 Å². The van der Waals surface area contributed by atoms with E-state index in [-0.39, 0.29) is 0 Å². The largest absolute Gasteiger partial charge is 0.465 e. The molecule has 2 aromatic carbocycles. The maximum Gasteiger partial charge on any atom is 0.337 e. The number of carbonyl (C=O) groups is 1. The third kappa shape index (κ3) is 3.10. The van der Waals surface area contributed by atoms with E-state index in [4.69, 9.17) is 0 Å². The summed E-state index contributed by atoms with van der Waals surface area (Å²) in [4.78, 5) is 18.9. The number of fused-ring (bicyclic) bond motifs is 1. The summed E-state index contributed by atoms with van der Waals surface area (Å²) < 4.78 is 4.65. The van der Waals surface area contributed by atoms with E-state index in [2.05, 4.69) is 26.1 Å². The molecule has 0 aliphatic heterocycles. The number of para-hydroxylation sites is 2. The van der Waals surface area contributed by atoms with Crippen molar-refractivity contribution in [3.05, 3.63) is 66.1 Å². The van der Waals surface area contributed by atoms with Crippen molar-refractivity contribution >= 4 is 28.3 Å². The van der Waals surface area contributed by atoms with Crippen LogP contribution in [0, 0.1) is 11.3 Å². The van der Waals surface area contributed by atoms with Gasteiger partial charge in [0, 0.05) is 11.9 Å². The van der Waals surface area contributed by atoms with Gasteiger partial charge in [-0.25, -0.2) is 9.78 Å². The first-order valence-electron chi connectivity index (χ1n) is 7.21. The molecule has 0 unspecified atom stereocenters. The first-order valence-corrected chi connectivity index (χ1v) is 7.21. The Morgan fingerprint density at radius 3 is 2.67 bits per heavy atom. The fourth-order valence-electron chi connectivity index (χ4n) is 2.21. The van der Waals surface area contributed by atoms with Gasteiger partial charge in [0.15, 0.2) is 5.82 Å². The minimum atomic E-state index is -0.392. The summed E-state index contributed by atoms with van der Waals surface area (Å²) in [7, 11) is 1.34. The third-order valence-corrected chi connectivity index (χ3v) is 3.45. The van der Waals surface area contributed by atoms with Crippen molar-refractivity contribution in [1.29, 1.82) is 5.26 Å². The SMILES string of the molecule is COC(=O)c1ccc(N/C=C(\C#N)c2nc3ccccc3[nH]2)cc1. The molecule has 0 radical (unpaired) electrons. The molecule has 6 heteroatoms. The molecule has 0 aliphatic carbocycles. The van der Waals surface area contributed by atoms with E-state index >= 15 is 0 Å². The molecule has 0 atom stereocenters. The normalized spacial score (nSPS) is 11.1. The number of nitrogens with one attached hydrogen (secondary N) is 2. The highest BCUT2D eigenvalue weighted by Gasteiger charge is 2.07. The van der Waals surface area contributed by atoms with Crippen LogP contribution in [0.2, 0.25) is 0 Å². The number of benzene rings is 2. The zero-order valence-corrected chi connectivity index (χ0v) is 12.9. The second-order valence-corrected chi connectivity index (χ2v) is 4.99. The van der Waals surface area contributed by atoms with E-state index in [0.717, 1.165) is 16.7 Å². The molecule has 0 saturated carbocycles. The number of hydrogen-bond donors (Lipinski definition) is 2. The zero-order valence-electron chi connectivity index (χ0n) is 12.9. The second-order valence-electron chi connectivity index (χ2n) is 4.99. The molecular weight excluding hydrogens is 304 g/mol. The molecule has 118 valence electrons. The summed E-state index contributed by atoms with van der Waals surface area (Å²) in [6, 6.07) is 16.5. The van der Waals surface area contributed by atoms with Crippen LogP contribution in [0.15, 0.2) is 54.7 Å². The van der Waals surface area contributed by atoms with Gasteiger partial charge in [0.2, 0.25) is 0 Å². The lowest BCUT2D eigenvalue weighted by Crippen LogP contribution is -2.01. The highest BCUT2D eigenvalue weighted by Crippen LogP contribution is 2.17. The number of ether oxygens (including phenoxy) is 1. The lowest BCUT2D eigenvalue weighted by molar-refractivity contribution is 0.0601. The number of nitriles is 1. The number of aromatic amines is 1. The number of nitrogens with zero attached hydrogens (tertiary/aromatic N) is 2. The third-order valence-electron chi connectivity index (χ3n) is 3.45. The zero-order chi connectivity index (χ0) is 16.9. The van der Waals surface area contributed by atoms with Gasteiger partial charge >= 0.3 is 5.97 Å². The Hall–Kier alpha value is -3.59. The molecule has 0 aliphatic rings. The van der Waals surface area contributed by atoms with E-state index in [0.29, 0.717) is 17.0 Å². The highest BCUT2D eigenvalue weighted by atomic mass is 16.5. The van der Waals surface area contributed by atoms with Gasteiger partial charge in [-0.2, -0.15) is 5.26 Å². The number of carbonyl (C=O) groups excluding carboxylic acids is 1. The summed E-state index contributed by atoms with van der Waals surface area (Å²) in [6.07, 6.45) is 1.57. The number of methoxy groups -OCH3 is 1. The van der Waals surface area contributed by atoms with Gasteiger partial charge in [0.25, 0.3) is 0 Å². The second kappa shape index (κ2) is 6.67. The van der Waals surface area contributed by atoms with Gasteiger partial charge in [-0.1, -0.05) is 12.1 Å². The predicted molar refractivity (Wildman–Crippen MR) is 91.1 cm³/mol. The number of imidazole rings is 1. The maximum absolute atomic E-state index is 11.4. The predicted octanol–water partition coefficient (Wildman–Crippen LogP) is 3.33. The highest BCUT2D eigenvalue weighted by molar-refractivity contribution is 5.89. The minimum Gasteiger partial charge on any atom is -0.465 e. The van der Waals surface area contributed by atoms with Crippen LogP contribution in [0.25, 0.3) is 16.6 Å². The van der Waals surface area contributed by atoms with Crippen molar-refractivity contribution in [3.63, 3.8) is 0 Å². The maximum atomic E-state index is 11.4. The number of aromatic nitrogens is 2. The van der Waals surface area contributed by atoms with E-state index in [1.165, 1.54) is 7.11 Å². The van der Waals surface area contributed by atoms with E-state index in [1.54, 1.807) is 30.5 Å². The molecule has 3 aromatic rings. The lowest BCUT2D eigenvalue weighted by Gasteiger charge is -2.03. The van der Waals surface area contributed by atoms with Crippen molar-refractivity contribution in [3.8, 4) is 6.07 Å². The molecule has 0 bridgehead atoms. The minimum absolute atomic E-state index is 0.378. The number of hydrogen-bond acceptors (Lipinski definition) is 5. The molecule has 0 saturated heterocycles. The lowest BCUT2D eigenvalue weighted by atomic mass is 10.2. The summed E-state index contributed by atoms with van der Waals surface area (Å²) in [5, 5.41) is 12.4. The van der Waals surface area contributed by atoms with Crippen LogP contribution in [0.4, 0.5) is 5.69 Å². The number of esters is 1. The van der Waals surface area contributed by atoms with Crippen LogP contribution in [0.3, 0.4) is 0 Å². The molecule has 6 nitrogen and oxygen atoms in total. The Morgan fingerprint density at radius 2 is 2.00 bits per heavy atom. The smallest absolute Gasteiger partial charge is 0.337 e. The van der Waals surface area contributed by atoms with Gasteiger partial charge in [-0.3, -0.25) is 0 Å². The number of allylic oxidation sites excluding steroid dienone is 1. The van der Waals surface area contributed by atoms with Crippen LogP contribution >= 0.6 is 0 Å². The molecule has 2 N–H and O–H groups in total. The number of rotatable bonds is 4. The molecule has 0 fully saturated rings. The van der Waals surface area contributed by atoms with E-state index in [1.807, 2.05) is 24.3 Å². The van der Waals surface area contributed by atoms with Crippen molar-refractivity contribution in [2.45, 2.75) is 0 Å². The fraction of sp³-hybridized carbons (Fsp3) is 0.0556. The Labute approximate surface area is 138 Å². The van der Waals surface area contributed by atoms with Crippen LogP contribution < -0.4 is 5.32 Å². The van der Waals surface area contributed by atoms with Crippen LogP contribution in [0.5, 0.6) is 0 Å². The summed E-state index contributed by atoms with van der Waals surface area (Å²) in [6.45, 7) is 0. The van der Waals surface area contributed by atoms with Crippen molar-refractivity contribution in [2.24, 2.45) is 0 Å². The molecular formula is C18H14N4O2. The summed E-state index contributed by atoms with van der Waals surface area (Å²) in [5.41, 5.74) is 3.26. The number of H-pyrrole nitrogens is 1. The van der Waals surface area contributed by atoms with Crippen LogP contribution in [-0.2, 0) is 4.74 Å². The standard InChI is InChI=1S/C18H14N4O2/c1-24-18(23)12-6-8-14(9-7-12)20-11-13(10-19)17-21-15-4-2-3-5-16(15)22-17/h2-9,11,20H,1H3,(H,21,22)/b13-11+. The Kier molecular flexibility index (Phi) is 4.25. The van der Waals surface area contributed by atoms with Crippen LogP contribution in [-0.4, -0.2) is 23.0 Å². The van der Waals surface area contributed by atoms with Crippen molar-refractivity contribution in [2.75, 3.05) is 12.4 Å². The molecule has 1 heterocycles. The molecule has 0 amide bonds. The van der Waals surface area contributed by atoms with Gasteiger partial charge < -0.3 is 15.0 Å². The molecule has 0 spiro atoms. The van der Waals surface area contributed by atoms with Crippen molar-refractivity contribution in [1.82, 2.24) is 9.97 Å². The van der Waals surface area contributed by atoms with Gasteiger partial charge in [0.1, 0.15) is 11.6 Å². The first-order chi connectivity index (χ1) is 11.7. The van der Waals surface area contributed by atoms with Crippen LogP contribution in [0.1, 0.15) is 16.2 Å². The van der Waals surface area contributed by atoms with Crippen molar-refractivity contribution < 1.29 is 9.53 Å². The molecule has 24 heavy (non-hydrogen) atoms. The molecule has 1 aromatic heterocycles. The number of anilines is 1. The fourth-order valence-corrected chi connectivity index (χ4v) is 2.21. The van der Waals surface area contributed by atoms with Gasteiger partial charge in [0.05, 0.1) is 23.7 Å². The summed E-state index contributed by atoms with van der Waals surface area (Å²) in [5.74, 6) is 0.106. The average molecular weight is 318 g/mol. The van der Waals surface area contributed by atoms with E-state index in [9.17, 15) is 10.1 Å². The monoisotopic (exact) mass is 318 g/mol. The van der Waals surface area contributed by atoms with E-state index < -0.39 is 5.97 Å². The topological polar surface area (TPSA) is 90.8 Å². The Morgan fingerprint density at radius 1 is 1.25 bits per heavy atom. The molecule has 3 rings (SSSR count). The summed E-state index contributed by atoms with van der Waals surface area (Å²) >= 11 is 0. The average Bonchev–Trinajstić information content (AvgIpc) is 3.06.